The topological polar surface area (TPSA) is 64.4 Å². The number of anilines is 1. The lowest BCUT2D eigenvalue weighted by molar-refractivity contribution is -0.384. The Morgan fingerprint density at radius 3 is 2.22 bits per heavy atom. The average molecular weight is 362 g/mol. The third kappa shape index (κ3) is 5.07. The number of hydrogen-bond acceptors (Lipinski definition) is 4. The van der Waals surface area contributed by atoms with Crippen molar-refractivity contribution in [3.05, 3.63) is 99.1 Å². The Hall–Kier alpha value is -3.34. The Morgan fingerprint density at radius 2 is 1.59 bits per heavy atom. The normalized spacial score (nSPS) is 10.4. The molecule has 0 atom stereocenters. The molecule has 0 aromatic heterocycles. The van der Waals surface area contributed by atoms with Gasteiger partial charge in [0.15, 0.2) is 0 Å². The van der Waals surface area contributed by atoms with Gasteiger partial charge in [0.05, 0.1) is 4.92 Å². The minimum Gasteiger partial charge on any atom is -0.489 e. The summed E-state index contributed by atoms with van der Waals surface area (Å²) in [5, 5.41) is 14.1. The number of nitro groups is 1. The minimum atomic E-state index is -0.407. The van der Waals surface area contributed by atoms with Crippen molar-refractivity contribution in [3.63, 3.8) is 0 Å². The Labute approximate surface area is 158 Å². The molecule has 3 aromatic rings. The lowest BCUT2D eigenvalue weighted by atomic mass is 10.1. The summed E-state index contributed by atoms with van der Waals surface area (Å²) in [5.74, 6) is 0.767. The van der Waals surface area contributed by atoms with Gasteiger partial charge in [-0.3, -0.25) is 10.1 Å². The molecule has 27 heavy (non-hydrogen) atoms. The van der Waals surface area contributed by atoms with Crippen LogP contribution in [-0.2, 0) is 13.2 Å². The molecular weight excluding hydrogens is 340 g/mol. The molecule has 0 saturated heterocycles. The maximum atomic E-state index is 10.7. The fourth-order valence-electron chi connectivity index (χ4n) is 2.79. The second-order valence-electron chi connectivity index (χ2n) is 6.53. The van der Waals surface area contributed by atoms with E-state index in [1.54, 1.807) is 12.1 Å². The van der Waals surface area contributed by atoms with E-state index in [9.17, 15) is 10.1 Å². The maximum Gasteiger partial charge on any atom is 0.269 e. The second kappa shape index (κ2) is 8.36. The van der Waals surface area contributed by atoms with Crippen LogP contribution >= 0.6 is 0 Å². The highest BCUT2D eigenvalue weighted by Crippen LogP contribution is 2.19. The van der Waals surface area contributed by atoms with Crippen LogP contribution in [0, 0.1) is 24.0 Å². The van der Waals surface area contributed by atoms with Gasteiger partial charge in [0.1, 0.15) is 12.4 Å². The SMILES string of the molecule is Cc1ccc(NCc2ccc(OCc3ccc([N+](=O)[O-])cc3)cc2)c(C)c1. The summed E-state index contributed by atoms with van der Waals surface area (Å²) >= 11 is 0. The van der Waals surface area contributed by atoms with Gasteiger partial charge in [-0.2, -0.15) is 0 Å². The van der Waals surface area contributed by atoms with E-state index in [1.807, 2.05) is 24.3 Å². The predicted octanol–water partition coefficient (Wildman–Crippen LogP) is 5.40. The largest absolute Gasteiger partial charge is 0.489 e. The van der Waals surface area contributed by atoms with E-state index >= 15 is 0 Å². The quantitative estimate of drug-likeness (QED) is 0.451. The molecular formula is C22H22N2O3. The smallest absolute Gasteiger partial charge is 0.269 e. The molecule has 0 amide bonds. The number of aryl methyl sites for hydroxylation is 2. The van der Waals surface area contributed by atoms with Crippen LogP contribution in [-0.4, -0.2) is 4.92 Å². The predicted molar refractivity (Wildman–Crippen MR) is 107 cm³/mol. The summed E-state index contributed by atoms with van der Waals surface area (Å²) in [7, 11) is 0. The highest BCUT2D eigenvalue weighted by molar-refractivity contribution is 5.52. The van der Waals surface area contributed by atoms with E-state index in [-0.39, 0.29) is 5.69 Å². The first-order valence-corrected chi connectivity index (χ1v) is 8.77. The van der Waals surface area contributed by atoms with Gasteiger partial charge >= 0.3 is 0 Å². The van der Waals surface area contributed by atoms with Gasteiger partial charge in [0.25, 0.3) is 5.69 Å². The van der Waals surface area contributed by atoms with Crippen molar-refractivity contribution in [3.8, 4) is 5.75 Å². The molecule has 5 heteroatoms. The molecule has 0 fully saturated rings. The fraction of sp³-hybridized carbons (Fsp3) is 0.182. The number of rotatable bonds is 7. The fourth-order valence-corrected chi connectivity index (χ4v) is 2.79. The number of ether oxygens (including phenoxy) is 1. The van der Waals surface area contributed by atoms with Gasteiger partial charge in [-0.15, -0.1) is 0 Å². The molecule has 0 aliphatic carbocycles. The molecule has 5 nitrogen and oxygen atoms in total. The van der Waals surface area contributed by atoms with E-state index in [1.165, 1.54) is 23.3 Å². The number of hydrogen-bond donors (Lipinski definition) is 1. The highest BCUT2D eigenvalue weighted by Gasteiger charge is 2.04. The molecule has 3 rings (SSSR count). The third-order valence-electron chi connectivity index (χ3n) is 4.34. The zero-order chi connectivity index (χ0) is 19.2. The summed E-state index contributed by atoms with van der Waals surface area (Å²) < 4.78 is 5.75. The van der Waals surface area contributed by atoms with Crippen LogP contribution in [0.15, 0.2) is 66.7 Å². The zero-order valence-electron chi connectivity index (χ0n) is 15.4. The monoisotopic (exact) mass is 362 g/mol. The van der Waals surface area contributed by atoms with Crippen molar-refractivity contribution in [2.24, 2.45) is 0 Å². The van der Waals surface area contributed by atoms with Crippen LogP contribution in [0.1, 0.15) is 22.3 Å². The molecule has 0 saturated carbocycles. The van der Waals surface area contributed by atoms with E-state index in [2.05, 4.69) is 37.4 Å². The van der Waals surface area contributed by atoms with Gasteiger partial charge in [-0.05, 0) is 60.9 Å². The highest BCUT2D eigenvalue weighted by atomic mass is 16.6. The van der Waals surface area contributed by atoms with Crippen molar-refractivity contribution in [2.75, 3.05) is 5.32 Å². The third-order valence-corrected chi connectivity index (χ3v) is 4.34. The van der Waals surface area contributed by atoms with Crippen LogP contribution in [0.4, 0.5) is 11.4 Å². The first-order valence-electron chi connectivity index (χ1n) is 8.77. The van der Waals surface area contributed by atoms with Crippen LogP contribution in [0.5, 0.6) is 5.75 Å². The number of nitrogens with zero attached hydrogens (tertiary/aromatic N) is 1. The number of non-ortho nitro benzene ring substituents is 1. The summed E-state index contributed by atoms with van der Waals surface area (Å²) in [6.07, 6.45) is 0. The van der Waals surface area contributed by atoms with Gasteiger partial charge in [-0.1, -0.05) is 29.8 Å². The van der Waals surface area contributed by atoms with E-state index in [0.29, 0.717) is 6.61 Å². The lowest BCUT2D eigenvalue weighted by Gasteiger charge is -2.11. The molecule has 0 bridgehead atoms. The van der Waals surface area contributed by atoms with Gasteiger partial charge in [0, 0.05) is 24.4 Å². The standard InChI is InChI=1S/C22H22N2O3/c1-16-3-12-22(17(2)13-16)23-14-18-6-10-21(11-7-18)27-15-19-4-8-20(9-5-19)24(25)26/h3-13,23H,14-15H2,1-2H3. The van der Waals surface area contributed by atoms with Crippen LogP contribution < -0.4 is 10.1 Å². The van der Waals surface area contributed by atoms with Gasteiger partial charge in [0.2, 0.25) is 0 Å². The molecule has 138 valence electrons. The summed E-state index contributed by atoms with van der Waals surface area (Å²) in [5.41, 5.74) is 5.77. The van der Waals surface area contributed by atoms with Crippen LogP contribution in [0.2, 0.25) is 0 Å². The Kier molecular flexibility index (Phi) is 5.71. The first-order chi connectivity index (χ1) is 13.0. The number of nitro benzene ring substituents is 1. The molecule has 3 aromatic carbocycles. The number of nitrogens with one attached hydrogen (secondary N) is 1. The first kappa shape index (κ1) is 18.5. The summed E-state index contributed by atoms with van der Waals surface area (Å²) in [6.45, 7) is 5.31. The van der Waals surface area contributed by atoms with E-state index in [0.717, 1.165) is 29.1 Å². The van der Waals surface area contributed by atoms with Crippen molar-refractivity contribution in [1.29, 1.82) is 0 Å². The van der Waals surface area contributed by atoms with Crippen LogP contribution in [0.3, 0.4) is 0 Å². The Balaban J connectivity index is 1.53. The number of benzene rings is 3. The molecule has 0 unspecified atom stereocenters. The van der Waals surface area contributed by atoms with Gasteiger partial charge < -0.3 is 10.1 Å². The molecule has 0 heterocycles. The van der Waals surface area contributed by atoms with Crippen LogP contribution in [0.25, 0.3) is 0 Å². The summed E-state index contributed by atoms with van der Waals surface area (Å²) in [6, 6.07) is 20.7. The molecule has 0 aliphatic rings. The lowest BCUT2D eigenvalue weighted by Crippen LogP contribution is -2.01. The molecule has 0 aliphatic heterocycles. The molecule has 0 radical (unpaired) electrons. The molecule has 1 N–H and O–H groups in total. The van der Waals surface area contributed by atoms with Crippen molar-refractivity contribution >= 4 is 11.4 Å². The second-order valence-corrected chi connectivity index (χ2v) is 6.53. The zero-order valence-corrected chi connectivity index (χ0v) is 15.4. The molecule has 0 spiro atoms. The average Bonchev–Trinajstić information content (AvgIpc) is 2.67. The van der Waals surface area contributed by atoms with E-state index in [4.69, 9.17) is 4.74 Å². The summed E-state index contributed by atoms with van der Waals surface area (Å²) in [4.78, 5) is 10.3. The van der Waals surface area contributed by atoms with Crippen molar-refractivity contribution < 1.29 is 9.66 Å². The van der Waals surface area contributed by atoms with Crippen molar-refractivity contribution in [2.45, 2.75) is 27.0 Å². The Bertz CT molecular complexity index is 919. The maximum absolute atomic E-state index is 10.7. The minimum absolute atomic E-state index is 0.0828. The van der Waals surface area contributed by atoms with Crippen molar-refractivity contribution in [1.82, 2.24) is 0 Å². The van der Waals surface area contributed by atoms with E-state index < -0.39 is 4.92 Å². The Morgan fingerprint density at radius 1 is 0.926 bits per heavy atom. The van der Waals surface area contributed by atoms with Gasteiger partial charge in [-0.25, -0.2) is 0 Å².